The third-order valence-corrected chi connectivity index (χ3v) is 10.3. The zero-order chi connectivity index (χ0) is 17.4. The van der Waals surface area contributed by atoms with Crippen molar-refractivity contribution in [3.05, 3.63) is 11.8 Å². The number of carbonyl (C=O) groups excluding carboxylic acids is 1. The number of carbonyl (C=O) groups is 1. The Labute approximate surface area is 140 Å². The molecule has 0 aromatic rings. The highest BCUT2D eigenvalue weighted by atomic mass is 28.4. The minimum atomic E-state index is -1.83. The summed E-state index contributed by atoms with van der Waals surface area (Å²) < 4.78 is 16.5. The number of hydrogen-bond donors (Lipinski definition) is 1. The number of hydrogen-bond acceptors (Lipinski definition) is 5. The van der Waals surface area contributed by atoms with Crippen LogP contribution in [0.15, 0.2) is 11.8 Å². The largest absolute Gasteiger partial charge is 0.472 e. The van der Waals surface area contributed by atoms with Gasteiger partial charge in [-0.15, -0.1) is 0 Å². The van der Waals surface area contributed by atoms with Gasteiger partial charge in [0.05, 0.1) is 18.9 Å². The summed E-state index contributed by atoms with van der Waals surface area (Å²) in [7, 11) is -0.454. The van der Waals surface area contributed by atoms with Gasteiger partial charge in [0.25, 0.3) is 0 Å². The number of ether oxygens (including phenoxy) is 2. The SMILES string of the molecule is COC(=O)C1=COC(O)C2C(CO[Si](C)(C)C(C)(C)C)CCC12. The summed E-state index contributed by atoms with van der Waals surface area (Å²) in [5, 5.41) is 10.4. The summed E-state index contributed by atoms with van der Waals surface area (Å²) in [6.07, 6.45) is 2.29. The molecule has 2 aliphatic rings. The van der Waals surface area contributed by atoms with Crippen LogP contribution in [0.2, 0.25) is 18.1 Å². The van der Waals surface area contributed by atoms with E-state index in [-0.39, 0.29) is 28.8 Å². The van der Waals surface area contributed by atoms with Gasteiger partial charge in [0.2, 0.25) is 0 Å². The van der Waals surface area contributed by atoms with E-state index in [9.17, 15) is 9.90 Å². The highest BCUT2D eigenvalue weighted by Gasteiger charge is 2.48. The third kappa shape index (κ3) is 3.64. The molecule has 23 heavy (non-hydrogen) atoms. The van der Waals surface area contributed by atoms with Crippen molar-refractivity contribution in [1.82, 2.24) is 0 Å². The van der Waals surface area contributed by atoms with Crippen molar-refractivity contribution < 1.29 is 23.8 Å². The Balaban J connectivity index is 2.07. The Morgan fingerprint density at radius 2 is 2.04 bits per heavy atom. The van der Waals surface area contributed by atoms with Crippen molar-refractivity contribution in [1.29, 1.82) is 0 Å². The number of methoxy groups -OCH3 is 1. The van der Waals surface area contributed by atoms with E-state index in [4.69, 9.17) is 13.9 Å². The molecule has 1 heterocycles. The van der Waals surface area contributed by atoms with Crippen LogP contribution < -0.4 is 0 Å². The standard InChI is InChI=1S/C17H30O5Si/c1-17(2,3)23(5,6)22-9-11-7-8-12-13(15(18)20-4)10-21-16(19)14(11)12/h10-12,14,16,19H,7-9H2,1-6H3. The number of fused-ring (bicyclic) bond motifs is 1. The highest BCUT2D eigenvalue weighted by Crippen LogP contribution is 2.47. The zero-order valence-corrected chi connectivity index (χ0v) is 16.1. The average molecular weight is 343 g/mol. The van der Waals surface area contributed by atoms with Crippen molar-refractivity contribution in [3.8, 4) is 0 Å². The van der Waals surface area contributed by atoms with Gasteiger partial charge in [0.15, 0.2) is 14.6 Å². The van der Waals surface area contributed by atoms with Crippen LogP contribution in [0.3, 0.4) is 0 Å². The predicted octanol–water partition coefficient (Wildman–Crippen LogP) is 3.06. The van der Waals surface area contributed by atoms with Gasteiger partial charge < -0.3 is 19.0 Å². The van der Waals surface area contributed by atoms with Crippen molar-refractivity contribution in [2.24, 2.45) is 17.8 Å². The van der Waals surface area contributed by atoms with Crippen molar-refractivity contribution in [3.63, 3.8) is 0 Å². The molecule has 2 rings (SSSR count). The number of aliphatic hydroxyl groups excluding tert-OH is 1. The molecular weight excluding hydrogens is 312 g/mol. The van der Waals surface area contributed by atoms with E-state index in [1.54, 1.807) is 0 Å². The molecule has 0 saturated heterocycles. The first kappa shape index (κ1) is 18.5. The maximum Gasteiger partial charge on any atom is 0.337 e. The molecule has 132 valence electrons. The van der Waals surface area contributed by atoms with Gasteiger partial charge >= 0.3 is 5.97 Å². The lowest BCUT2D eigenvalue weighted by Gasteiger charge is -2.39. The molecule has 1 N–H and O–H groups in total. The van der Waals surface area contributed by atoms with Gasteiger partial charge in [-0.2, -0.15) is 0 Å². The molecular formula is C17H30O5Si. The van der Waals surface area contributed by atoms with E-state index in [0.29, 0.717) is 12.2 Å². The first-order valence-corrected chi connectivity index (χ1v) is 11.2. The average Bonchev–Trinajstić information content (AvgIpc) is 2.88. The summed E-state index contributed by atoms with van der Waals surface area (Å²) in [5.41, 5.74) is 0.539. The van der Waals surface area contributed by atoms with Gasteiger partial charge in [-0.25, -0.2) is 4.79 Å². The third-order valence-electron chi connectivity index (χ3n) is 5.81. The number of esters is 1. The Hall–Kier alpha value is -0.853. The van der Waals surface area contributed by atoms with Gasteiger partial charge in [-0.3, -0.25) is 0 Å². The monoisotopic (exact) mass is 342 g/mol. The Kier molecular flexibility index (Phi) is 5.28. The van der Waals surface area contributed by atoms with E-state index in [1.165, 1.54) is 13.4 Å². The van der Waals surface area contributed by atoms with Crippen molar-refractivity contribution in [2.75, 3.05) is 13.7 Å². The van der Waals surface area contributed by atoms with Crippen LogP contribution in [-0.4, -0.2) is 39.4 Å². The van der Waals surface area contributed by atoms with Crippen LogP contribution in [0.4, 0.5) is 0 Å². The molecule has 4 unspecified atom stereocenters. The topological polar surface area (TPSA) is 65.0 Å². The minimum Gasteiger partial charge on any atom is -0.472 e. The molecule has 4 atom stereocenters. The Bertz CT molecular complexity index is 480. The molecule has 0 bridgehead atoms. The predicted molar refractivity (Wildman–Crippen MR) is 90.0 cm³/mol. The molecule has 0 aromatic heterocycles. The maximum absolute atomic E-state index is 11.9. The fourth-order valence-corrected chi connectivity index (χ4v) is 4.33. The van der Waals surface area contributed by atoms with Crippen LogP contribution in [0.5, 0.6) is 0 Å². The fourth-order valence-electron chi connectivity index (χ4n) is 3.27. The highest BCUT2D eigenvalue weighted by molar-refractivity contribution is 6.74. The maximum atomic E-state index is 11.9. The van der Waals surface area contributed by atoms with E-state index >= 15 is 0 Å². The molecule has 1 aliphatic heterocycles. The lowest BCUT2D eigenvalue weighted by atomic mass is 9.83. The second-order valence-electron chi connectivity index (χ2n) is 8.18. The minimum absolute atomic E-state index is 0.000726. The van der Waals surface area contributed by atoms with Gasteiger partial charge in [-0.05, 0) is 36.9 Å². The normalized spacial score (nSPS) is 31.2. The quantitative estimate of drug-likeness (QED) is 0.628. The molecule has 5 nitrogen and oxygen atoms in total. The molecule has 0 amide bonds. The lowest BCUT2D eigenvalue weighted by Crippen LogP contribution is -2.44. The molecule has 1 aliphatic carbocycles. The zero-order valence-electron chi connectivity index (χ0n) is 15.1. The van der Waals surface area contributed by atoms with Gasteiger partial charge in [-0.1, -0.05) is 20.8 Å². The van der Waals surface area contributed by atoms with Gasteiger partial charge in [0.1, 0.15) is 0 Å². The Morgan fingerprint density at radius 3 is 2.61 bits per heavy atom. The molecule has 0 spiro atoms. The van der Waals surface area contributed by atoms with E-state index in [2.05, 4.69) is 33.9 Å². The molecule has 1 fully saturated rings. The smallest absolute Gasteiger partial charge is 0.337 e. The summed E-state index contributed by atoms with van der Waals surface area (Å²) in [4.78, 5) is 11.9. The summed E-state index contributed by atoms with van der Waals surface area (Å²) in [5.74, 6) is -0.256. The second-order valence-corrected chi connectivity index (χ2v) is 13.0. The van der Waals surface area contributed by atoms with Crippen LogP contribution in [-0.2, 0) is 18.7 Å². The van der Waals surface area contributed by atoms with Crippen molar-refractivity contribution in [2.45, 2.75) is 58.0 Å². The van der Waals surface area contributed by atoms with E-state index < -0.39 is 14.6 Å². The molecule has 6 heteroatoms. The molecule has 0 aromatic carbocycles. The van der Waals surface area contributed by atoms with E-state index in [1.807, 2.05) is 0 Å². The number of rotatable bonds is 4. The van der Waals surface area contributed by atoms with Gasteiger partial charge in [0, 0.05) is 18.4 Å². The van der Waals surface area contributed by atoms with Crippen LogP contribution in [0, 0.1) is 17.8 Å². The molecule has 1 saturated carbocycles. The van der Waals surface area contributed by atoms with E-state index in [0.717, 1.165) is 12.8 Å². The molecule has 0 radical (unpaired) electrons. The fraction of sp³-hybridized carbons (Fsp3) is 0.824. The number of aliphatic hydroxyl groups is 1. The lowest BCUT2D eigenvalue weighted by molar-refractivity contribution is -0.146. The summed E-state index contributed by atoms with van der Waals surface area (Å²) in [6, 6.07) is 0. The summed E-state index contributed by atoms with van der Waals surface area (Å²) in [6.45, 7) is 11.7. The van der Waals surface area contributed by atoms with Crippen LogP contribution >= 0.6 is 0 Å². The second kappa shape index (κ2) is 6.57. The van der Waals surface area contributed by atoms with Crippen LogP contribution in [0.1, 0.15) is 33.6 Å². The Morgan fingerprint density at radius 1 is 1.39 bits per heavy atom. The first-order valence-electron chi connectivity index (χ1n) is 8.34. The van der Waals surface area contributed by atoms with Crippen molar-refractivity contribution >= 4 is 14.3 Å². The summed E-state index contributed by atoms with van der Waals surface area (Å²) >= 11 is 0. The first-order chi connectivity index (χ1) is 10.6. The van der Waals surface area contributed by atoms with Crippen LogP contribution in [0.25, 0.3) is 0 Å².